The fourth-order valence-electron chi connectivity index (χ4n) is 2.62. The molecule has 0 saturated carbocycles. The lowest BCUT2D eigenvalue weighted by Crippen LogP contribution is -2.15. The van der Waals surface area contributed by atoms with Gasteiger partial charge in [-0.15, -0.1) is 10.2 Å². The number of hydrogen-bond acceptors (Lipinski definition) is 7. The Bertz CT molecular complexity index is 916. The molecule has 9 heteroatoms. The number of anilines is 1. The van der Waals surface area contributed by atoms with Crippen LogP contribution < -0.4 is 10.1 Å². The Hall–Kier alpha value is -2.91. The Balaban J connectivity index is 1.64. The largest absolute Gasteiger partial charge is 0.494 e. The molecule has 0 aliphatic heterocycles. The van der Waals surface area contributed by atoms with Gasteiger partial charge >= 0.3 is 0 Å². The molecular weight excluding hydrogens is 390 g/mol. The maximum Gasteiger partial charge on any atom is 0.234 e. The van der Waals surface area contributed by atoms with E-state index in [1.54, 1.807) is 19.5 Å². The van der Waals surface area contributed by atoms with Gasteiger partial charge in [0.15, 0.2) is 11.0 Å². The number of nitrogens with one attached hydrogen (secondary N) is 1. The lowest BCUT2D eigenvalue weighted by Gasteiger charge is -2.10. The van der Waals surface area contributed by atoms with Crippen LogP contribution >= 0.6 is 11.8 Å². The first-order chi connectivity index (χ1) is 14.2. The van der Waals surface area contributed by atoms with Crippen LogP contribution in [0, 0.1) is 0 Å². The van der Waals surface area contributed by atoms with Gasteiger partial charge in [-0.1, -0.05) is 11.8 Å². The summed E-state index contributed by atoms with van der Waals surface area (Å²) in [5.74, 6) is 1.59. The molecule has 0 aliphatic rings. The summed E-state index contributed by atoms with van der Waals surface area (Å²) in [7, 11) is 1.65. The molecule has 0 bridgehead atoms. The summed E-state index contributed by atoms with van der Waals surface area (Å²) in [5, 5.41) is 12.1. The van der Waals surface area contributed by atoms with Crippen molar-refractivity contribution in [3.63, 3.8) is 0 Å². The smallest absolute Gasteiger partial charge is 0.234 e. The first-order valence-corrected chi connectivity index (χ1v) is 10.2. The Morgan fingerprint density at radius 3 is 2.59 bits per heavy atom. The SMILES string of the molecule is CCOc1ccc(NC(=O)CSc2nnc(-c3ccncc3)n2CCOC)cc1. The molecule has 3 rings (SSSR count). The van der Waals surface area contributed by atoms with Crippen molar-refractivity contribution >= 4 is 23.4 Å². The second-order valence-corrected chi connectivity index (χ2v) is 6.92. The summed E-state index contributed by atoms with van der Waals surface area (Å²) in [6.07, 6.45) is 3.42. The van der Waals surface area contributed by atoms with E-state index >= 15 is 0 Å². The van der Waals surface area contributed by atoms with Crippen molar-refractivity contribution in [1.29, 1.82) is 0 Å². The minimum atomic E-state index is -0.120. The van der Waals surface area contributed by atoms with Crippen molar-refractivity contribution in [3.8, 4) is 17.1 Å². The Morgan fingerprint density at radius 2 is 1.90 bits per heavy atom. The van der Waals surface area contributed by atoms with E-state index in [0.29, 0.717) is 24.9 Å². The molecule has 152 valence electrons. The van der Waals surface area contributed by atoms with Crippen LogP contribution in [-0.2, 0) is 16.1 Å². The zero-order valence-electron chi connectivity index (χ0n) is 16.4. The molecule has 2 aromatic heterocycles. The summed E-state index contributed by atoms with van der Waals surface area (Å²) < 4.78 is 12.6. The van der Waals surface area contributed by atoms with Crippen LogP contribution in [0.4, 0.5) is 5.69 Å². The molecule has 8 nitrogen and oxygen atoms in total. The topological polar surface area (TPSA) is 91.2 Å². The minimum absolute atomic E-state index is 0.120. The predicted octanol–water partition coefficient (Wildman–Crippen LogP) is 3.12. The fraction of sp³-hybridized carbons (Fsp3) is 0.300. The van der Waals surface area contributed by atoms with E-state index in [-0.39, 0.29) is 11.7 Å². The van der Waals surface area contributed by atoms with E-state index in [9.17, 15) is 4.79 Å². The maximum atomic E-state index is 12.3. The van der Waals surface area contributed by atoms with Gasteiger partial charge in [0.1, 0.15) is 5.75 Å². The van der Waals surface area contributed by atoms with Gasteiger partial charge in [-0.3, -0.25) is 14.3 Å². The molecule has 0 radical (unpaired) electrons. The Morgan fingerprint density at radius 1 is 1.14 bits per heavy atom. The van der Waals surface area contributed by atoms with Crippen molar-refractivity contribution < 1.29 is 14.3 Å². The number of thioether (sulfide) groups is 1. The lowest BCUT2D eigenvalue weighted by atomic mass is 10.2. The molecular formula is C20H23N5O3S. The normalized spacial score (nSPS) is 10.7. The highest BCUT2D eigenvalue weighted by molar-refractivity contribution is 7.99. The summed E-state index contributed by atoms with van der Waals surface area (Å²) in [4.78, 5) is 16.4. The molecule has 0 spiro atoms. The zero-order chi connectivity index (χ0) is 20.5. The average Bonchev–Trinajstić information content (AvgIpc) is 3.15. The van der Waals surface area contributed by atoms with Gasteiger partial charge in [-0.05, 0) is 43.3 Å². The quantitative estimate of drug-likeness (QED) is 0.511. The first kappa shape index (κ1) is 20.8. The summed E-state index contributed by atoms with van der Waals surface area (Å²) in [6, 6.07) is 11.0. The van der Waals surface area contributed by atoms with Crippen LogP contribution in [0.3, 0.4) is 0 Å². The van der Waals surface area contributed by atoms with Gasteiger partial charge in [0.05, 0.1) is 25.5 Å². The van der Waals surface area contributed by atoms with E-state index < -0.39 is 0 Å². The number of ether oxygens (including phenoxy) is 2. The number of nitrogens with zero attached hydrogens (tertiary/aromatic N) is 4. The fourth-order valence-corrected chi connectivity index (χ4v) is 3.39. The highest BCUT2D eigenvalue weighted by Gasteiger charge is 2.15. The average molecular weight is 414 g/mol. The lowest BCUT2D eigenvalue weighted by molar-refractivity contribution is -0.113. The molecule has 3 aromatic rings. The third-order valence-electron chi connectivity index (χ3n) is 3.96. The summed E-state index contributed by atoms with van der Waals surface area (Å²) in [6.45, 7) is 3.64. The Kier molecular flexibility index (Phi) is 7.60. The second kappa shape index (κ2) is 10.6. The monoisotopic (exact) mass is 413 g/mol. The molecule has 0 fully saturated rings. The van der Waals surface area contributed by atoms with Crippen molar-refractivity contribution in [2.75, 3.05) is 31.4 Å². The second-order valence-electron chi connectivity index (χ2n) is 5.98. The van der Waals surface area contributed by atoms with Gasteiger partial charge in [-0.2, -0.15) is 0 Å². The molecule has 0 atom stereocenters. The summed E-state index contributed by atoms with van der Waals surface area (Å²) >= 11 is 1.33. The van der Waals surface area contributed by atoms with Crippen LogP contribution in [0.25, 0.3) is 11.4 Å². The van der Waals surface area contributed by atoms with E-state index in [4.69, 9.17) is 9.47 Å². The molecule has 1 N–H and O–H groups in total. The van der Waals surface area contributed by atoms with E-state index in [1.807, 2.05) is 47.9 Å². The van der Waals surface area contributed by atoms with Crippen molar-refractivity contribution in [2.24, 2.45) is 0 Å². The number of hydrogen-bond donors (Lipinski definition) is 1. The van der Waals surface area contributed by atoms with Gasteiger partial charge in [-0.25, -0.2) is 0 Å². The molecule has 1 aromatic carbocycles. The summed E-state index contributed by atoms with van der Waals surface area (Å²) in [5.41, 5.74) is 1.63. The van der Waals surface area contributed by atoms with Crippen LogP contribution in [0.5, 0.6) is 5.75 Å². The Labute approximate surface area is 173 Å². The number of rotatable bonds is 10. The third kappa shape index (κ3) is 5.78. The first-order valence-electron chi connectivity index (χ1n) is 9.19. The number of methoxy groups -OCH3 is 1. The van der Waals surface area contributed by atoms with E-state index in [0.717, 1.165) is 22.8 Å². The number of carbonyl (C=O) groups excluding carboxylic acids is 1. The minimum Gasteiger partial charge on any atom is -0.494 e. The number of aromatic nitrogens is 4. The molecule has 29 heavy (non-hydrogen) atoms. The third-order valence-corrected chi connectivity index (χ3v) is 4.92. The van der Waals surface area contributed by atoms with Crippen LogP contribution in [0.1, 0.15) is 6.92 Å². The van der Waals surface area contributed by atoms with Crippen molar-refractivity contribution in [3.05, 3.63) is 48.8 Å². The van der Waals surface area contributed by atoms with Crippen molar-refractivity contribution in [1.82, 2.24) is 19.7 Å². The number of benzene rings is 1. The zero-order valence-corrected chi connectivity index (χ0v) is 17.2. The number of carbonyl (C=O) groups is 1. The van der Waals surface area contributed by atoms with E-state index in [1.165, 1.54) is 11.8 Å². The maximum absolute atomic E-state index is 12.3. The van der Waals surface area contributed by atoms with Gasteiger partial charge in [0.2, 0.25) is 5.91 Å². The van der Waals surface area contributed by atoms with E-state index in [2.05, 4.69) is 20.5 Å². The molecule has 1 amide bonds. The van der Waals surface area contributed by atoms with Crippen LogP contribution in [-0.4, -0.2) is 51.7 Å². The number of amides is 1. The standard InChI is InChI=1S/C20H23N5O3S/c1-3-28-17-6-4-16(5-7-17)22-18(26)14-29-20-24-23-19(25(20)12-13-27-2)15-8-10-21-11-9-15/h4-11H,3,12-14H2,1-2H3,(H,22,26). The molecule has 0 unspecified atom stereocenters. The van der Waals surface area contributed by atoms with Crippen LogP contribution in [0.15, 0.2) is 53.9 Å². The molecule has 2 heterocycles. The van der Waals surface area contributed by atoms with Gasteiger partial charge in [0, 0.05) is 30.8 Å². The molecule has 0 saturated heterocycles. The highest BCUT2D eigenvalue weighted by Crippen LogP contribution is 2.24. The number of pyridine rings is 1. The highest BCUT2D eigenvalue weighted by atomic mass is 32.2. The van der Waals surface area contributed by atoms with Gasteiger partial charge < -0.3 is 14.8 Å². The van der Waals surface area contributed by atoms with Crippen molar-refractivity contribution in [2.45, 2.75) is 18.6 Å². The predicted molar refractivity (Wildman–Crippen MR) is 112 cm³/mol. The van der Waals surface area contributed by atoms with Gasteiger partial charge in [0.25, 0.3) is 0 Å². The van der Waals surface area contributed by atoms with Crippen LogP contribution in [0.2, 0.25) is 0 Å². The molecule has 0 aliphatic carbocycles.